The van der Waals surface area contributed by atoms with Crippen LogP contribution in [-0.2, 0) is 24.0 Å². The summed E-state index contributed by atoms with van der Waals surface area (Å²) >= 11 is 0. The van der Waals surface area contributed by atoms with Crippen molar-refractivity contribution in [2.45, 2.75) is 38.6 Å². The highest BCUT2D eigenvalue weighted by Crippen LogP contribution is 2.28. The number of nitrogens with zero attached hydrogens (tertiary/aromatic N) is 1. The van der Waals surface area contributed by atoms with Crippen molar-refractivity contribution < 1.29 is 24.0 Å². The Morgan fingerprint density at radius 2 is 2.12 bits per heavy atom. The second kappa shape index (κ2) is 4.80. The Kier molecular flexibility index (Phi) is 3.39. The first kappa shape index (κ1) is 12.0. The lowest BCUT2D eigenvalue weighted by molar-refractivity contribution is -0.201. The van der Waals surface area contributed by atoms with Crippen molar-refractivity contribution in [3.63, 3.8) is 0 Å². The number of epoxide rings is 1. The number of nitrogens with one attached hydrogen (secondary N) is 1. The molecule has 2 rings (SSSR count). The van der Waals surface area contributed by atoms with Crippen molar-refractivity contribution in [2.75, 3.05) is 6.54 Å². The smallest absolute Gasteiger partial charge is 0.254 e. The lowest BCUT2D eigenvalue weighted by Gasteiger charge is -2.10. The molecular formula is C10H14N2O5. The number of amides is 3. The molecule has 0 aromatic carbocycles. The summed E-state index contributed by atoms with van der Waals surface area (Å²) in [6.45, 7) is 1.92. The van der Waals surface area contributed by atoms with E-state index in [1.165, 1.54) is 6.92 Å². The van der Waals surface area contributed by atoms with Crippen molar-refractivity contribution in [2.24, 2.45) is 0 Å². The number of ether oxygens (including phenoxy) is 1. The fraction of sp³-hybridized carbons (Fsp3) is 0.700. The number of carbonyl (C=O) groups is 3. The summed E-state index contributed by atoms with van der Waals surface area (Å²) in [7, 11) is 0. The molecule has 0 radical (unpaired) electrons. The van der Waals surface area contributed by atoms with Crippen LogP contribution >= 0.6 is 0 Å². The Morgan fingerprint density at radius 3 is 2.71 bits per heavy atom. The van der Waals surface area contributed by atoms with Gasteiger partial charge in [0.2, 0.25) is 12.2 Å². The SMILES string of the molecule is CC(=O)NCCC1OC1ON1C(=O)CCC1=O. The molecule has 0 aliphatic carbocycles. The summed E-state index contributed by atoms with van der Waals surface area (Å²) in [6, 6.07) is 0. The molecule has 7 nitrogen and oxygen atoms in total. The van der Waals surface area contributed by atoms with E-state index in [2.05, 4.69) is 5.32 Å². The van der Waals surface area contributed by atoms with Crippen LogP contribution in [0, 0.1) is 0 Å². The molecule has 0 aromatic heterocycles. The van der Waals surface area contributed by atoms with Gasteiger partial charge in [0.1, 0.15) is 6.10 Å². The molecule has 2 aliphatic rings. The number of hydrogen-bond donors (Lipinski definition) is 1. The zero-order valence-corrected chi connectivity index (χ0v) is 9.47. The molecule has 2 fully saturated rings. The maximum absolute atomic E-state index is 11.2. The van der Waals surface area contributed by atoms with Crippen molar-refractivity contribution in [1.29, 1.82) is 0 Å². The average Bonchev–Trinajstić information content (AvgIpc) is 2.92. The van der Waals surface area contributed by atoms with Crippen LogP contribution in [0.25, 0.3) is 0 Å². The van der Waals surface area contributed by atoms with Crippen LogP contribution in [0.1, 0.15) is 26.2 Å². The molecule has 94 valence electrons. The van der Waals surface area contributed by atoms with E-state index in [4.69, 9.17) is 9.57 Å². The lowest BCUT2D eigenvalue weighted by Crippen LogP contribution is -2.31. The van der Waals surface area contributed by atoms with Crippen LogP contribution in [0.3, 0.4) is 0 Å². The van der Waals surface area contributed by atoms with Crippen LogP contribution in [0.2, 0.25) is 0 Å². The van der Waals surface area contributed by atoms with E-state index in [9.17, 15) is 14.4 Å². The largest absolute Gasteiger partial charge is 0.356 e. The second-order valence-electron chi connectivity index (χ2n) is 4.00. The minimum atomic E-state index is -0.547. The van der Waals surface area contributed by atoms with Crippen molar-refractivity contribution in [3.05, 3.63) is 0 Å². The fourth-order valence-corrected chi connectivity index (χ4v) is 1.59. The minimum Gasteiger partial charge on any atom is -0.356 e. The molecule has 3 amide bonds. The normalized spacial score (nSPS) is 27.5. The molecule has 2 unspecified atom stereocenters. The number of hydrogen-bond acceptors (Lipinski definition) is 5. The van der Waals surface area contributed by atoms with E-state index < -0.39 is 6.29 Å². The number of hydroxylamine groups is 2. The van der Waals surface area contributed by atoms with Gasteiger partial charge in [-0.3, -0.25) is 14.4 Å². The van der Waals surface area contributed by atoms with E-state index in [1.807, 2.05) is 0 Å². The Bertz CT molecular complexity index is 341. The molecule has 0 spiro atoms. The van der Waals surface area contributed by atoms with Crippen LogP contribution in [0.15, 0.2) is 0 Å². The van der Waals surface area contributed by atoms with Gasteiger partial charge < -0.3 is 10.1 Å². The molecule has 0 aromatic rings. The summed E-state index contributed by atoms with van der Waals surface area (Å²) in [5, 5.41) is 3.41. The maximum Gasteiger partial charge on any atom is 0.254 e. The van der Waals surface area contributed by atoms with E-state index >= 15 is 0 Å². The fourth-order valence-electron chi connectivity index (χ4n) is 1.59. The van der Waals surface area contributed by atoms with Crippen molar-refractivity contribution in [1.82, 2.24) is 10.4 Å². The number of imide groups is 1. The molecular weight excluding hydrogens is 228 g/mol. The van der Waals surface area contributed by atoms with Gasteiger partial charge in [0.25, 0.3) is 11.8 Å². The monoisotopic (exact) mass is 242 g/mol. The number of carbonyl (C=O) groups excluding carboxylic acids is 3. The van der Waals surface area contributed by atoms with Gasteiger partial charge in [-0.05, 0) is 6.42 Å². The van der Waals surface area contributed by atoms with Gasteiger partial charge in [-0.25, -0.2) is 4.84 Å². The predicted octanol–water partition coefficient (Wildman–Crippen LogP) is -0.682. The standard InChI is InChI=1S/C10H14N2O5/c1-6(13)11-5-4-7-10(16-7)17-12-8(14)2-3-9(12)15/h7,10H,2-5H2,1H3,(H,11,13). The average molecular weight is 242 g/mol. The summed E-state index contributed by atoms with van der Waals surface area (Å²) in [5.41, 5.74) is 0. The van der Waals surface area contributed by atoms with Crippen LogP contribution in [0.4, 0.5) is 0 Å². The Morgan fingerprint density at radius 1 is 1.47 bits per heavy atom. The summed E-state index contributed by atoms with van der Waals surface area (Å²) < 4.78 is 5.14. The maximum atomic E-state index is 11.2. The molecule has 1 N–H and O–H groups in total. The molecule has 2 saturated heterocycles. The topological polar surface area (TPSA) is 88.2 Å². The van der Waals surface area contributed by atoms with Crippen LogP contribution in [0.5, 0.6) is 0 Å². The van der Waals surface area contributed by atoms with Crippen molar-refractivity contribution in [3.8, 4) is 0 Å². The van der Waals surface area contributed by atoms with Gasteiger partial charge in [-0.15, -0.1) is 0 Å². The zero-order chi connectivity index (χ0) is 12.4. The van der Waals surface area contributed by atoms with Gasteiger partial charge in [0, 0.05) is 26.3 Å². The van der Waals surface area contributed by atoms with Crippen LogP contribution in [-0.4, -0.2) is 41.7 Å². The van der Waals surface area contributed by atoms with Gasteiger partial charge >= 0.3 is 0 Å². The third kappa shape index (κ3) is 3.01. The Balaban J connectivity index is 1.67. The summed E-state index contributed by atoms with van der Waals surface area (Å²) in [5.74, 6) is -0.759. The summed E-state index contributed by atoms with van der Waals surface area (Å²) in [4.78, 5) is 38.2. The molecule has 0 bridgehead atoms. The Hall–Kier alpha value is -1.47. The molecule has 2 heterocycles. The molecule has 0 saturated carbocycles. The third-order valence-corrected chi connectivity index (χ3v) is 2.55. The first-order valence-electron chi connectivity index (χ1n) is 5.50. The minimum absolute atomic E-state index is 0.104. The highest BCUT2D eigenvalue weighted by Gasteiger charge is 2.45. The zero-order valence-electron chi connectivity index (χ0n) is 9.47. The Labute approximate surface area is 98.0 Å². The van der Waals surface area contributed by atoms with Gasteiger partial charge in [-0.2, -0.15) is 5.06 Å². The van der Waals surface area contributed by atoms with E-state index in [0.717, 1.165) is 5.06 Å². The van der Waals surface area contributed by atoms with Crippen LogP contribution < -0.4 is 5.32 Å². The highest BCUT2D eigenvalue weighted by molar-refractivity contribution is 6.00. The van der Waals surface area contributed by atoms with E-state index in [1.54, 1.807) is 0 Å². The quantitative estimate of drug-likeness (QED) is 0.509. The predicted molar refractivity (Wildman–Crippen MR) is 54.1 cm³/mol. The van der Waals surface area contributed by atoms with Crippen molar-refractivity contribution >= 4 is 17.7 Å². The van der Waals surface area contributed by atoms with Gasteiger partial charge in [0.15, 0.2) is 0 Å². The lowest BCUT2D eigenvalue weighted by atomic mass is 10.3. The molecule has 17 heavy (non-hydrogen) atoms. The van der Waals surface area contributed by atoms with Gasteiger partial charge in [-0.1, -0.05) is 0 Å². The third-order valence-electron chi connectivity index (χ3n) is 2.55. The molecule has 7 heteroatoms. The first-order valence-corrected chi connectivity index (χ1v) is 5.50. The van der Waals surface area contributed by atoms with E-state index in [-0.39, 0.29) is 36.7 Å². The number of rotatable bonds is 5. The molecule has 2 atom stereocenters. The first-order chi connectivity index (χ1) is 8.08. The summed E-state index contributed by atoms with van der Waals surface area (Å²) in [6.07, 6.45) is 0.280. The van der Waals surface area contributed by atoms with E-state index in [0.29, 0.717) is 13.0 Å². The van der Waals surface area contributed by atoms with Gasteiger partial charge in [0.05, 0.1) is 0 Å². The molecule has 2 aliphatic heterocycles. The second-order valence-corrected chi connectivity index (χ2v) is 4.00. The highest BCUT2D eigenvalue weighted by atomic mass is 16.9.